The van der Waals surface area contributed by atoms with Gasteiger partial charge in [0, 0.05) is 5.38 Å². The van der Waals surface area contributed by atoms with Crippen LogP contribution >= 0.6 is 11.3 Å². The van der Waals surface area contributed by atoms with Crippen LogP contribution < -0.4 is 0 Å². The Kier molecular flexibility index (Phi) is 2.93. The average molecular weight is 184 g/mol. The van der Waals surface area contributed by atoms with Gasteiger partial charge in [0.1, 0.15) is 0 Å². The zero-order valence-electron chi connectivity index (χ0n) is 6.61. The van der Waals surface area contributed by atoms with E-state index in [1.165, 1.54) is 18.4 Å². The van der Waals surface area contributed by atoms with Gasteiger partial charge in [0.2, 0.25) is 5.13 Å². The van der Waals surface area contributed by atoms with E-state index in [0.717, 1.165) is 0 Å². The van der Waals surface area contributed by atoms with E-state index in [1.807, 2.05) is 0 Å². The van der Waals surface area contributed by atoms with Gasteiger partial charge in [-0.05, 0) is 6.72 Å². The fourth-order valence-corrected chi connectivity index (χ4v) is 1.29. The van der Waals surface area contributed by atoms with Crippen LogP contribution in [0.3, 0.4) is 0 Å². The van der Waals surface area contributed by atoms with Crippen molar-refractivity contribution in [3.05, 3.63) is 11.1 Å². The van der Waals surface area contributed by atoms with Crippen molar-refractivity contribution in [2.24, 2.45) is 4.99 Å². The highest BCUT2D eigenvalue weighted by Gasteiger charge is 2.05. The normalized spacial score (nSPS) is 9.42. The summed E-state index contributed by atoms with van der Waals surface area (Å²) in [4.78, 5) is 18.4. The van der Waals surface area contributed by atoms with Crippen LogP contribution in [0.1, 0.15) is 5.69 Å². The first kappa shape index (κ1) is 8.86. The minimum atomic E-state index is -0.295. The molecule has 0 fully saturated rings. The lowest BCUT2D eigenvalue weighted by Gasteiger charge is -1.93. The molecule has 1 aromatic heterocycles. The van der Waals surface area contributed by atoms with Crippen molar-refractivity contribution in [3.63, 3.8) is 0 Å². The van der Waals surface area contributed by atoms with Crippen LogP contribution in [0.2, 0.25) is 0 Å². The highest BCUT2D eigenvalue weighted by molar-refractivity contribution is 7.13. The van der Waals surface area contributed by atoms with E-state index in [-0.39, 0.29) is 12.4 Å². The first-order valence-corrected chi connectivity index (χ1v) is 4.12. The second-order valence-corrected chi connectivity index (χ2v) is 2.87. The molecule has 0 unspecified atom stereocenters. The summed E-state index contributed by atoms with van der Waals surface area (Å²) in [5.74, 6) is -0.295. The van der Waals surface area contributed by atoms with Crippen LogP contribution in [0.5, 0.6) is 0 Å². The quantitative estimate of drug-likeness (QED) is 0.523. The number of hydrogen-bond donors (Lipinski definition) is 0. The second-order valence-electron chi connectivity index (χ2n) is 2.03. The van der Waals surface area contributed by atoms with Crippen LogP contribution in [0.4, 0.5) is 5.13 Å². The van der Waals surface area contributed by atoms with E-state index in [4.69, 9.17) is 0 Å². The molecule has 0 saturated heterocycles. The Morgan fingerprint density at radius 3 is 3.17 bits per heavy atom. The lowest BCUT2D eigenvalue weighted by Crippen LogP contribution is -2.04. The summed E-state index contributed by atoms with van der Waals surface area (Å²) in [5.41, 5.74) is 0.675. The number of carbonyl (C=O) groups is 1. The molecule has 4 nitrogen and oxygen atoms in total. The Bertz CT molecular complexity index is 295. The van der Waals surface area contributed by atoms with Gasteiger partial charge >= 0.3 is 5.97 Å². The fourth-order valence-electron chi connectivity index (χ4n) is 0.670. The van der Waals surface area contributed by atoms with E-state index >= 15 is 0 Å². The first-order valence-electron chi connectivity index (χ1n) is 3.24. The minimum absolute atomic E-state index is 0.197. The van der Waals surface area contributed by atoms with Crippen LogP contribution in [-0.2, 0) is 16.0 Å². The third-order valence-corrected chi connectivity index (χ3v) is 2.05. The Balaban J connectivity index is 2.63. The van der Waals surface area contributed by atoms with Crippen molar-refractivity contribution in [1.29, 1.82) is 0 Å². The zero-order chi connectivity index (χ0) is 8.97. The monoisotopic (exact) mass is 184 g/mol. The van der Waals surface area contributed by atoms with E-state index in [2.05, 4.69) is 21.4 Å². The maximum absolute atomic E-state index is 10.8. The molecule has 0 saturated carbocycles. The Morgan fingerprint density at radius 2 is 2.67 bits per heavy atom. The Labute approximate surface area is 73.9 Å². The third-order valence-electron chi connectivity index (χ3n) is 1.23. The van der Waals surface area contributed by atoms with Crippen molar-refractivity contribution in [2.75, 3.05) is 7.11 Å². The van der Waals surface area contributed by atoms with E-state index < -0.39 is 0 Å². The number of aliphatic imine (C=N–C) groups is 1. The van der Waals surface area contributed by atoms with Gasteiger partial charge < -0.3 is 4.74 Å². The summed E-state index contributed by atoms with van der Waals surface area (Å²) in [6.07, 6.45) is 0.197. The van der Waals surface area contributed by atoms with Gasteiger partial charge in [0.25, 0.3) is 0 Å². The van der Waals surface area contributed by atoms with Crippen molar-refractivity contribution in [3.8, 4) is 0 Å². The number of rotatable bonds is 3. The summed E-state index contributed by atoms with van der Waals surface area (Å²) in [6, 6.07) is 0. The average Bonchev–Trinajstić information content (AvgIpc) is 2.52. The van der Waals surface area contributed by atoms with Gasteiger partial charge in [-0.1, -0.05) is 0 Å². The van der Waals surface area contributed by atoms with Crippen molar-refractivity contribution >= 4 is 29.2 Å². The Morgan fingerprint density at radius 1 is 1.92 bits per heavy atom. The van der Waals surface area contributed by atoms with Gasteiger partial charge in [0.05, 0.1) is 19.2 Å². The van der Waals surface area contributed by atoms with Gasteiger partial charge in [-0.2, -0.15) is 0 Å². The van der Waals surface area contributed by atoms with Crippen LogP contribution in [-0.4, -0.2) is 24.8 Å². The number of thiazole rings is 1. The van der Waals surface area contributed by atoms with Crippen LogP contribution in [0, 0.1) is 0 Å². The van der Waals surface area contributed by atoms with E-state index in [0.29, 0.717) is 10.8 Å². The lowest BCUT2D eigenvalue weighted by molar-refractivity contribution is -0.139. The number of carbonyl (C=O) groups excluding carboxylic acids is 1. The highest BCUT2D eigenvalue weighted by Crippen LogP contribution is 2.17. The number of methoxy groups -OCH3 is 1. The largest absolute Gasteiger partial charge is 0.469 e. The topological polar surface area (TPSA) is 51.5 Å². The Hall–Kier alpha value is -1.23. The minimum Gasteiger partial charge on any atom is -0.469 e. The predicted molar refractivity (Wildman–Crippen MR) is 47.0 cm³/mol. The number of aromatic nitrogens is 1. The molecule has 0 N–H and O–H groups in total. The molecule has 0 atom stereocenters. The first-order chi connectivity index (χ1) is 5.76. The molecule has 64 valence electrons. The molecule has 1 aromatic rings. The van der Waals surface area contributed by atoms with Crippen molar-refractivity contribution in [1.82, 2.24) is 4.98 Å². The smallest absolute Gasteiger partial charge is 0.311 e. The molecule has 0 spiro atoms. The van der Waals surface area contributed by atoms with Crippen LogP contribution in [0.25, 0.3) is 0 Å². The maximum atomic E-state index is 10.8. The number of esters is 1. The standard InChI is InChI=1S/C7H8N2O2S/c1-8-7-9-5(4-12-7)3-6(10)11-2/h4H,1,3H2,2H3. The number of nitrogens with zero attached hydrogens (tertiary/aromatic N) is 2. The molecular formula is C7H8N2O2S. The fraction of sp³-hybridized carbons (Fsp3) is 0.286. The number of ether oxygens (including phenoxy) is 1. The van der Waals surface area contributed by atoms with Gasteiger partial charge in [-0.25, -0.2) is 9.98 Å². The molecular weight excluding hydrogens is 176 g/mol. The van der Waals surface area contributed by atoms with Crippen LogP contribution in [0.15, 0.2) is 10.4 Å². The van der Waals surface area contributed by atoms with Crippen molar-refractivity contribution in [2.45, 2.75) is 6.42 Å². The summed E-state index contributed by atoms with van der Waals surface area (Å²) < 4.78 is 4.48. The summed E-state index contributed by atoms with van der Waals surface area (Å²) in [7, 11) is 1.35. The molecule has 0 bridgehead atoms. The molecule has 0 amide bonds. The highest BCUT2D eigenvalue weighted by atomic mass is 32.1. The molecule has 5 heteroatoms. The number of hydrogen-bond acceptors (Lipinski definition) is 5. The summed E-state index contributed by atoms with van der Waals surface area (Å²) >= 11 is 1.35. The summed E-state index contributed by atoms with van der Waals surface area (Å²) in [5, 5.41) is 2.34. The second kappa shape index (κ2) is 3.96. The van der Waals surface area contributed by atoms with E-state index in [9.17, 15) is 4.79 Å². The predicted octanol–water partition coefficient (Wildman–Crippen LogP) is 1.19. The zero-order valence-corrected chi connectivity index (χ0v) is 7.43. The summed E-state index contributed by atoms with van der Waals surface area (Å²) in [6.45, 7) is 3.33. The van der Waals surface area contributed by atoms with Gasteiger partial charge in [-0.15, -0.1) is 11.3 Å². The van der Waals surface area contributed by atoms with Gasteiger partial charge in [-0.3, -0.25) is 4.79 Å². The molecule has 0 aromatic carbocycles. The molecule has 0 aliphatic carbocycles. The molecule has 0 radical (unpaired) electrons. The van der Waals surface area contributed by atoms with E-state index in [1.54, 1.807) is 5.38 Å². The SMILES string of the molecule is C=Nc1nc(CC(=O)OC)cs1. The van der Waals surface area contributed by atoms with Crippen molar-refractivity contribution < 1.29 is 9.53 Å². The lowest BCUT2D eigenvalue weighted by atomic mass is 10.3. The molecule has 1 heterocycles. The third kappa shape index (κ3) is 2.13. The molecule has 1 rings (SSSR count). The molecule has 0 aliphatic rings. The van der Waals surface area contributed by atoms with Gasteiger partial charge in [0.15, 0.2) is 0 Å². The molecule has 0 aliphatic heterocycles. The maximum Gasteiger partial charge on any atom is 0.311 e. The molecule has 12 heavy (non-hydrogen) atoms.